The Hall–Kier alpha value is -1.76. The molecule has 0 aliphatic carbocycles. The lowest BCUT2D eigenvalue weighted by Crippen LogP contribution is -1.62. The van der Waals surface area contributed by atoms with E-state index in [9.17, 15) is 0 Å². The molecule has 0 aliphatic rings. The van der Waals surface area contributed by atoms with Crippen LogP contribution in [0.25, 0.3) is 0 Å². The molecule has 2 rings (SSSR count). The van der Waals surface area contributed by atoms with Gasteiger partial charge in [0.15, 0.2) is 0 Å². The smallest absolute Gasteiger partial charge is 0.253 e. The highest BCUT2D eigenvalue weighted by Crippen LogP contribution is 2.02. The fraction of sp³-hybridized carbons (Fsp3) is 0.0769. The maximum atomic E-state index is 7.00. The van der Waals surface area contributed by atoms with Crippen LogP contribution in [-0.4, -0.2) is 5.11 Å². The molecule has 2 N–H and O–H groups in total. The van der Waals surface area contributed by atoms with Gasteiger partial charge in [-0.2, -0.15) is 0 Å². The molecular formula is C13H15O+. The standard InChI is InChI=1S/C7H8.C6H6O/c1-7-5-3-2-4-6-7;7-6-4-2-1-3-5-6/h2-6H,1H3;1-5,7H/p+1. The van der Waals surface area contributed by atoms with Crippen LogP contribution in [0.5, 0.6) is 5.75 Å². The van der Waals surface area contributed by atoms with E-state index in [2.05, 4.69) is 19.1 Å². The Balaban J connectivity index is 0.000000140. The van der Waals surface area contributed by atoms with Crippen molar-refractivity contribution in [1.82, 2.24) is 0 Å². The first kappa shape index (κ1) is 10.3. The van der Waals surface area contributed by atoms with Crippen molar-refractivity contribution >= 4 is 0 Å². The zero-order valence-electron chi connectivity index (χ0n) is 8.27. The summed E-state index contributed by atoms with van der Waals surface area (Å²) in [6.45, 7) is 2.08. The van der Waals surface area contributed by atoms with Crippen molar-refractivity contribution in [3.63, 3.8) is 0 Å². The fourth-order valence-electron chi connectivity index (χ4n) is 0.973. The monoisotopic (exact) mass is 187 g/mol. The summed E-state index contributed by atoms with van der Waals surface area (Å²) in [6, 6.07) is 19.4. The largest absolute Gasteiger partial charge is 0.593 e. The lowest BCUT2D eigenvalue weighted by Gasteiger charge is -1.82. The average Bonchev–Trinajstić information content (AvgIpc) is 2.21. The van der Waals surface area contributed by atoms with Gasteiger partial charge in [-0.25, -0.2) is 0 Å². The first-order valence-corrected chi connectivity index (χ1v) is 4.57. The van der Waals surface area contributed by atoms with E-state index in [0.717, 1.165) is 0 Å². The lowest BCUT2D eigenvalue weighted by molar-refractivity contribution is 0.475. The van der Waals surface area contributed by atoms with Gasteiger partial charge >= 0.3 is 0 Å². The van der Waals surface area contributed by atoms with E-state index in [1.54, 1.807) is 12.1 Å². The van der Waals surface area contributed by atoms with Crippen LogP contribution < -0.4 is 0 Å². The number of benzene rings is 2. The molecular weight excluding hydrogens is 172 g/mol. The quantitative estimate of drug-likeness (QED) is 0.566. The molecule has 0 atom stereocenters. The number of aryl methyl sites for hydroxylation is 1. The van der Waals surface area contributed by atoms with Gasteiger partial charge in [0.25, 0.3) is 5.75 Å². The van der Waals surface area contributed by atoms with Crippen molar-refractivity contribution < 1.29 is 5.11 Å². The van der Waals surface area contributed by atoms with Crippen LogP contribution in [0.1, 0.15) is 5.56 Å². The zero-order chi connectivity index (χ0) is 10.2. The Labute approximate surface area is 84.7 Å². The van der Waals surface area contributed by atoms with Gasteiger partial charge in [0.2, 0.25) is 0 Å². The van der Waals surface area contributed by atoms with Gasteiger partial charge in [0.05, 0.1) is 0 Å². The molecule has 2 aromatic rings. The van der Waals surface area contributed by atoms with Gasteiger partial charge in [-0.1, -0.05) is 54.1 Å². The van der Waals surface area contributed by atoms with Crippen molar-refractivity contribution in [2.45, 2.75) is 6.92 Å². The minimum absolute atomic E-state index is 0.572. The van der Waals surface area contributed by atoms with Crippen LogP contribution >= 0.6 is 0 Å². The van der Waals surface area contributed by atoms with Crippen LogP contribution in [0.2, 0.25) is 0 Å². The second-order valence-electron chi connectivity index (χ2n) is 3.02. The van der Waals surface area contributed by atoms with Crippen molar-refractivity contribution in [1.29, 1.82) is 0 Å². The van der Waals surface area contributed by atoms with Gasteiger partial charge < -0.3 is 5.11 Å². The molecule has 0 aromatic heterocycles. The summed E-state index contributed by atoms with van der Waals surface area (Å²) < 4.78 is 0. The third kappa shape index (κ3) is 4.31. The van der Waals surface area contributed by atoms with Gasteiger partial charge in [0, 0.05) is 12.1 Å². The molecule has 0 heterocycles. The first-order chi connectivity index (χ1) is 6.79. The summed E-state index contributed by atoms with van der Waals surface area (Å²) in [7, 11) is 0. The van der Waals surface area contributed by atoms with Crippen molar-refractivity contribution in [3.05, 3.63) is 66.2 Å². The summed E-state index contributed by atoms with van der Waals surface area (Å²) in [5, 5.41) is 7.00. The molecule has 0 bridgehead atoms. The molecule has 0 aliphatic heterocycles. The SMILES string of the molecule is Cc1ccccc1.[OH2+]c1ccccc1. The Morgan fingerprint density at radius 1 is 0.714 bits per heavy atom. The normalized spacial score (nSPS) is 8.64. The molecule has 0 spiro atoms. The van der Waals surface area contributed by atoms with Crippen molar-refractivity contribution in [2.75, 3.05) is 0 Å². The Kier molecular flexibility index (Phi) is 4.29. The highest BCUT2D eigenvalue weighted by Gasteiger charge is 1.80. The predicted molar refractivity (Wildman–Crippen MR) is 60.7 cm³/mol. The van der Waals surface area contributed by atoms with Crippen molar-refractivity contribution in [3.8, 4) is 5.75 Å². The topological polar surface area (TPSA) is 22.9 Å². The van der Waals surface area contributed by atoms with Gasteiger partial charge in [-0.15, -0.1) is 0 Å². The average molecular weight is 187 g/mol. The lowest BCUT2D eigenvalue weighted by atomic mass is 10.2. The third-order valence-corrected chi connectivity index (χ3v) is 1.71. The number of hydrogen-bond acceptors (Lipinski definition) is 0. The minimum Gasteiger partial charge on any atom is -0.593 e. The van der Waals surface area contributed by atoms with E-state index in [4.69, 9.17) is 5.11 Å². The Morgan fingerprint density at radius 2 is 1.14 bits per heavy atom. The second kappa shape index (κ2) is 5.81. The Bertz CT molecular complexity index is 303. The molecule has 72 valence electrons. The van der Waals surface area contributed by atoms with Crippen LogP contribution in [0.4, 0.5) is 0 Å². The molecule has 0 amide bonds. The Morgan fingerprint density at radius 3 is 1.36 bits per heavy atom. The molecule has 1 heteroatoms. The number of rotatable bonds is 0. The van der Waals surface area contributed by atoms with E-state index in [1.165, 1.54) is 5.56 Å². The van der Waals surface area contributed by atoms with E-state index < -0.39 is 0 Å². The van der Waals surface area contributed by atoms with E-state index in [1.807, 2.05) is 36.4 Å². The van der Waals surface area contributed by atoms with Gasteiger partial charge in [-0.3, -0.25) is 0 Å². The first-order valence-electron chi connectivity index (χ1n) is 4.57. The molecule has 0 unspecified atom stereocenters. The second-order valence-corrected chi connectivity index (χ2v) is 3.02. The summed E-state index contributed by atoms with van der Waals surface area (Å²) in [6.07, 6.45) is 0. The van der Waals surface area contributed by atoms with E-state index in [0.29, 0.717) is 5.75 Å². The maximum absolute atomic E-state index is 7.00. The fourth-order valence-corrected chi connectivity index (χ4v) is 0.973. The summed E-state index contributed by atoms with van der Waals surface area (Å²) in [5.74, 6) is 0.572. The summed E-state index contributed by atoms with van der Waals surface area (Å²) in [5.41, 5.74) is 1.32. The van der Waals surface area contributed by atoms with Crippen LogP contribution in [-0.2, 0) is 0 Å². The maximum Gasteiger partial charge on any atom is 0.253 e. The third-order valence-electron chi connectivity index (χ3n) is 1.71. The van der Waals surface area contributed by atoms with Crippen LogP contribution in [0, 0.1) is 6.92 Å². The molecule has 14 heavy (non-hydrogen) atoms. The van der Waals surface area contributed by atoms with Crippen LogP contribution in [0.15, 0.2) is 60.7 Å². The van der Waals surface area contributed by atoms with Gasteiger partial charge in [-0.05, 0) is 6.92 Å². The molecule has 0 saturated heterocycles. The van der Waals surface area contributed by atoms with Gasteiger partial charge in [0.1, 0.15) is 0 Å². The highest BCUT2D eigenvalue weighted by molar-refractivity contribution is 5.18. The molecule has 1 nitrogen and oxygen atoms in total. The number of para-hydroxylation sites is 1. The van der Waals surface area contributed by atoms with Crippen LogP contribution in [0.3, 0.4) is 0 Å². The molecule has 0 radical (unpaired) electrons. The highest BCUT2D eigenvalue weighted by atomic mass is 16.3. The predicted octanol–water partition coefficient (Wildman–Crippen LogP) is 3.12. The molecule has 2 aromatic carbocycles. The minimum atomic E-state index is 0.572. The molecule has 0 saturated carbocycles. The zero-order valence-corrected chi connectivity index (χ0v) is 8.27. The van der Waals surface area contributed by atoms with Crippen molar-refractivity contribution in [2.24, 2.45) is 0 Å². The van der Waals surface area contributed by atoms with E-state index in [-0.39, 0.29) is 0 Å². The summed E-state index contributed by atoms with van der Waals surface area (Å²) in [4.78, 5) is 0. The summed E-state index contributed by atoms with van der Waals surface area (Å²) >= 11 is 0. The molecule has 0 fully saturated rings. The van der Waals surface area contributed by atoms with E-state index >= 15 is 0 Å². The number of hydrogen-bond donors (Lipinski definition) is 0.